The second-order valence-corrected chi connectivity index (χ2v) is 15.6. The molecule has 1 aliphatic rings. The van der Waals surface area contributed by atoms with Gasteiger partial charge in [0.15, 0.2) is 11.5 Å². The maximum atomic E-state index is 14.0. The van der Waals surface area contributed by atoms with Gasteiger partial charge in [-0.3, -0.25) is 9.36 Å². The van der Waals surface area contributed by atoms with Crippen LogP contribution in [0.4, 0.5) is 20.2 Å². The van der Waals surface area contributed by atoms with Gasteiger partial charge in [0.1, 0.15) is 40.8 Å². The molecule has 0 bridgehead atoms. The first-order valence-corrected chi connectivity index (χ1v) is 16.6. The predicted molar refractivity (Wildman–Crippen MR) is 188 cm³/mol. The minimum absolute atomic E-state index is 0.0880. The van der Waals surface area contributed by atoms with E-state index >= 15 is 0 Å². The van der Waals surface area contributed by atoms with Gasteiger partial charge in [0.05, 0.1) is 11.2 Å². The van der Waals surface area contributed by atoms with Crippen LogP contribution in [0.2, 0.25) is 0 Å². The van der Waals surface area contributed by atoms with Gasteiger partial charge in [-0.2, -0.15) is 15.1 Å². The number of carbonyl (C=O) groups is 4. The van der Waals surface area contributed by atoms with Crippen molar-refractivity contribution in [3.8, 4) is 23.4 Å². The molecule has 1 N–H and O–H groups in total. The van der Waals surface area contributed by atoms with E-state index in [2.05, 4.69) is 11.4 Å². The number of fused-ring (bicyclic) bond motifs is 1. The quantitative estimate of drug-likeness (QED) is 0.146. The minimum Gasteiger partial charge on any atom is -0.475 e. The number of anilines is 1. The zero-order valence-corrected chi connectivity index (χ0v) is 31.4. The first-order chi connectivity index (χ1) is 23.4. The van der Waals surface area contributed by atoms with Crippen molar-refractivity contribution in [2.24, 2.45) is 0 Å². The second-order valence-electron chi connectivity index (χ2n) is 15.6. The number of nitrogens with zero attached hydrogens (tertiary/aromatic N) is 4. The molecule has 0 saturated heterocycles. The molecular weight excluding hydrogens is 658 g/mol. The van der Waals surface area contributed by atoms with E-state index in [1.54, 1.807) is 100 Å². The molecule has 1 aliphatic carbocycles. The van der Waals surface area contributed by atoms with E-state index in [9.17, 15) is 24.4 Å². The number of amides is 3. The fourth-order valence-electron chi connectivity index (χ4n) is 5.28. The average molecular weight is 706 g/mol. The number of aromatic nitrogens is 2. The van der Waals surface area contributed by atoms with E-state index in [4.69, 9.17) is 28.7 Å². The van der Waals surface area contributed by atoms with Crippen molar-refractivity contribution in [3.05, 3.63) is 41.0 Å². The highest BCUT2D eigenvalue weighted by Gasteiger charge is 2.45. The molecule has 2 heterocycles. The Morgan fingerprint density at radius 3 is 1.96 bits per heavy atom. The van der Waals surface area contributed by atoms with Crippen LogP contribution in [-0.2, 0) is 19.0 Å². The molecule has 274 valence electrons. The number of imide groups is 1. The summed E-state index contributed by atoms with van der Waals surface area (Å²) in [4.78, 5) is 58.1. The lowest BCUT2D eigenvalue weighted by molar-refractivity contribution is -0.120. The van der Waals surface area contributed by atoms with Crippen molar-refractivity contribution in [2.45, 2.75) is 118 Å². The molecule has 14 heteroatoms. The summed E-state index contributed by atoms with van der Waals surface area (Å²) in [5.41, 5.74) is -2.03. The van der Waals surface area contributed by atoms with Crippen LogP contribution >= 0.6 is 0 Å². The Morgan fingerprint density at radius 2 is 1.47 bits per heavy atom. The van der Waals surface area contributed by atoms with Crippen LogP contribution in [-0.4, -0.2) is 62.7 Å². The number of benzene rings is 1. The van der Waals surface area contributed by atoms with Crippen molar-refractivity contribution >= 4 is 41.1 Å². The summed E-state index contributed by atoms with van der Waals surface area (Å²) in [7, 11) is 0. The monoisotopic (exact) mass is 705 g/mol. The number of aryl methyl sites for hydroxylation is 1. The third kappa shape index (κ3) is 9.27. The van der Waals surface area contributed by atoms with Crippen LogP contribution in [0.1, 0.15) is 98.8 Å². The highest BCUT2D eigenvalue weighted by atomic mass is 16.7. The molecule has 3 aromatic rings. The van der Waals surface area contributed by atoms with Gasteiger partial charge in [-0.1, -0.05) is 6.07 Å². The number of nitrogens with one attached hydrogen (secondary N) is 1. The predicted octanol–water partition coefficient (Wildman–Crippen LogP) is 7.55. The van der Waals surface area contributed by atoms with E-state index in [-0.39, 0.29) is 46.6 Å². The van der Waals surface area contributed by atoms with E-state index < -0.39 is 40.7 Å². The maximum Gasteiger partial charge on any atom is 0.514 e. The molecule has 0 radical (unpaired) electrons. The van der Waals surface area contributed by atoms with Crippen molar-refractivity contribution in [2.75, 3.05) is 11.5 Å². The lowest BCUT2D eigenvalue weighted by Crippen LogP contribution is -2.45. The van der Waals surface area contributed by atoms with Crippen molar-refractivity contribution in [1.29, 1.82) is 5.26 Å². The summed E-state index contributed by atoms with van der Waals surface area (Å²) in [6, 6.07) is 8.59. The van der Waals surface area contributed by atoms with E-state index in [1.165, 1.54) is 11.5 Å². The molecular formula is C37H47N5O9. The summed E-state index contributed by atoms with van der Waals surface area (Å²) in [6.07, 6.45) is -1.68. The van der Waals surface area contributed by atoms with Crippen LogP contribution in [0, 0.1) is 25.2 Å². The van der Waals surface area contributed by atoms with Gasteiger partial charge in [-0.25, -0.2) is 14.4 Å². The zero-order valence-electron chi connectivity index (χ0n) is 31.4. The first kappa shape index (κ1) is 38.5. The number of hydrogen-bond acceptors (Lipinski definition) is 11. The molecule has 4 rings (SSSR count). The van der Waals surface area contributed by atoms with Crippen LogP contribution in [0.3, 0.4) is 0 Å². The fraction of sp³-hybridized carbons (Fsp3) is 0.514. The SMILES string of the molecule is CC(=O)NC1(COc2ccc3c(C#N)c(N(C(=O)OC(C)(C)C)C(=O)OC(C)(C)C)n(-c4c(C)ccc(OC(=O)OC(C)(C)C)c4C)c3n2)CC1. The number of nitriles is 1. The van der Waals surface area contributed by atoms with Crippen LogP contribution in [0.15, 0.2) is 24.3 Å². The Bertz CT molecular complexity index is 1890. The molecule has 14 nitrogen and oxygen atoms in total. The standard InChI is InChI=1S/C37H47N5O9/c1-21-13-15-26(48-33(46)51-36(10,11)12)22(2)28(21)41-29-24(14-16-27(39-29)47-20-37(17-18-37)40-23(3)43)25(19-38)30(41)42(31(44)49-34(4,5)6)32(45)50-35(7,8)9/h13-16H,17-18,20H2,1-12H3,(H,40,43). The van der Waals surface area contributed by atoms with Gasteiger partial charge >= 0.3 is 18.3 Å². The maximum absolute atomic E-state index is 14.0. The summed E-state index contributed by atoms with van der Waals surface area (Å²) in [6.45, 7) is 20.0. The summed E-state index contributed by atoms with van der Waals surface area (Å²) < 4.78 is 30.0. The fourth-order valence-corrected chi connectivity index (χ4v) is 5.28. The lowest BCUT2D eigenvalue weighted by atomic mass is 10.1. The van der Waals surface area contributed by atoms with Gasteiger partial charge < -0.3 is 29.0 Å². The highest BCUT2D eigenvalue weighted by molar-refractivity contribution is 6.12. The molecule has 0 atom stereocenters. The molecule has 1 fully saturated rings. The summed E-state index contributed by atoms with van der Waals surface area (Å²) in [5, 5.41) is 13.9. The Labute approximate surface area is 297 Å². The van der Waals surface area contributed by atoms with Crippen molar-refractivity contribution in [1.82, 2.24) is 14.9 Å². The Kier molecular flexibility index (Phi) is 10.4. The third-order valence-corrected chi connectivity index (χ3v) is 7.42. The molecule has 2 aromatic heterocycles. The number of rotatable bonds is 7. The molecule has 0 unspecified atom stereocenters. The van der Waals surface area contributed by atoms with Crippen LogP contribution in [0.5, 0.6) is 11.6 Å². The average Bonchev–Trinajstić information content (AvgIpc) is 3.64. The van der Waals surface area contributed by atoms with Crippen molar-refractivity contribution in [3.63, 3.8) is 0 Å². The highest BCUT2D eigenvalue weighted by Crippen LogP contribution is 2.41. The van der Waals surface area contributed by atoms with Crippen LogP contribution < -0.4 is 19.7 Å². The molecule has 51 heavy (non-hydrogen) atoms. The summed E-state index contributed by atoms with van der Waals surface area (Å²) in [5.74, 6) is -0.110. The second kappa shape index (κ2) is 13.8. The van der Waals surface area contributed by atoms with Gasteiger partial charge in [0, 0.05) is 23.9 Å². The van der Waals surface area contributed by atoms with E-state index in [1.807, 2.05) is 0 Å². The van der Waals surface area contributed by atoms with Crippen molar-refractivity contribution < 1.29 is 42.9 Å². The number of ether oxygens (including phenoxy) is 5. The van der Waals surface area contributed by atoms with Gasteiger partial charge in [0.25, 0.3) is 0 Å². The topological polar surface area (TPSA) is 171 Å². The Balaban J connectivity index is 2.04. The Morgan fingerprint density at radius 1 is 0.902 bits per heavy atom. The van der Waals surface area contributed by atoms with Gasteiger partial charge in [-0.15, -0.1) is 0 Å². The molecule has 1 saturated carbocycles. The van der Waals surface area contributed by atoms with Gasteiger partial charge in [0.2, 0.25) is 11.8 Å². The van der Waals surface area contributed by atoms with E-state index in [0.717, 1.165) is 12.8 Å². The third-order valence-electron chi connectivity index (χ3n) is 7.42. The summed E-state index contributed by atoms with van der Waals surface area (Å²) >= 11 is 0. The Hall–Kier alpha value is -5.32. The minimum atomic E-state index is -1.10. The first-order valence-electron chi connectivity index (χ1n) is 16.6. The number of pyridine rings is 1. The number of carbonyl (C=O) groups excluding carboxylic acids is 4. The van der Waals surface area contributed by atoms with Gasteiger partial charge in [-0.05, 0) is 107 Å². The van der Waals surface area contributed by atoms with Crippen LogP contribution in [0.25, 0.3) is 16.7 Å². The number of hydrogen-bond donors (Lipinski definition) is 1. The van der Waals surface area contributed by atoms with E-state index in [0.29, 0.717) is 21.7 Å². The normalized spacial score (nSPS) is 13.9. The molecule has 1 aromatic carbocycles. The molecule has 0 aliphatic heterocycles. The zero-order chi connectivity index (χ0) is 38.3. The molecule has 0 spiro atoms. The smallest absolute Gasteiger partial charge is 0.475 e. The lowest BCUT2D eigenvalue weighted by Gasteiger charge is -2.29. The molecule has 3 amide bonds. The largest absolute Gasteiger partial charge is 0.514 e.